The van der Waals surface area contributed by atoms with Crippen LogP contribution in [0.5, 0.6) is 0 Å². The van der Waals surface area contributed by atoms with Crippen LogP contribution in [0.3, 0.4) is 0 Å². The van der Waals surface area contributed by atoms with Crippen LogP contribution in [0.4, 0.5) is 0 Å². The zero-order valence-corrected chi connectivity index (χ0v) is 8.20. The lowest BCUT2D eigenvalue weighted by atomic mass is 9.83. The summed E-state index contributed by atoms with van der Waals surface area (Å²) >= 11 is 0. The second-order valence-corrected chi connectivity index (χ2v) is 3.48. The number of hydrogen-bond acceptors (Lipinski definition) is 4. The molecule has 0 amide bonds. The van der Waals surface area contributed by atoms with E-state index in [9.17, 15) is 4.79 Å². The van der Waals surface area contributed by atoms with Gasteiger partial charge in [0.25, 0.3) is 0 Å². The zero-order chi connectivity index (χ0) is 10.2. The van der Waals surface area contributed by atoms with Gasteiger partial charge in [0.1, 0.15) is 11.5 Å². The third-order valence-electron chi connectivity index (χ3n) is 2.49. The Morgan fingerprint density at radius 2 is 2.21 bits per heavy atom. The third kappa shape index (κ3) is 1.14. The van der Waals surface area contributed by atoms with Gasteiger partial charge in [-0.05, 0) is 19.1 Å². The van der Waals surface area contributed by atoms with Gasteiger partial charge in [-0.1, -0.05) is 0 Å². The Morgan fingerprint density at radius 3 is 2.57 bits per heavy atom. The Kier molecular flexibility index (Phi) is 2.07. The molecule has 14 heavy (non-hydrogen) atoms. The van der Waals surface area contributed by atoms with E-state index in [2.05, 4.69) is 0 Å². The predicted molar refractivity (Wildman–Crippen MR) is 48.0 cm³/mol. The van der Waals surface area contributed by atoms with Crippen molar-refractivity contribution in [3.05, 3.63) is 23.7 Å². The van der Waals surface area contributed by atoms with Gasteiger partial charge in [-0.15, -0.1) is 0 Å². The number of rotatable bonds is 2. The number of hydrogen-bond donors (Lipinski definition) is 0. The van der Waals surface area contributed by atoms with Crippen molar-refractivity contribution in [3.63, 3.8) is 0 Å². The van der Waals surface area contributed by atoms with Crippen LogP contribution in [0.1, 0.15) is 11.5 Å². The first kappa shape index (κ1) is 9.27. The van der Waals surface area contributed by atoms with E-state index in [1.54, 1.807) is 6.07 Å². The van der Waals surface area contributed by atoms with Crippen molar-refractivity contribution in [1.82, 2.24) is 0 Å². The highest BCUT2D eigenvalue weighted by molar-refractivity contribution is 5.83. The Bertz CT molecular complexity index is 349. The summed E-state index contributed by atoms with van der Waals surface area (Å²) in [7, 11) is 1.37. The van der Waals surface area contributed by atoms with E-state index < -0.39 is 5.41 Å². The lowest BCUT2D eigenvalue weighted by Gasteiger charge is -2.36. The molecule has 2 heterocycles. The summed E-state index contributed by atoms with van der Waals surface area (Å²) in [5.41, 5.74) is -0.705. The minimum absolute atomic E-state index is 0.293. The Morgan fingerprint density at radius 1 is 1.50 bits per heavy atom. The highest BCUT2D eigenvalue weighted by Crippen LogP contribution is 2.34. The van der Waals surface area contributed by atoms with Gasteiger partial charge in [0.05, 0.1) is 20.3 Å². The second kappa shape index (κ2) is 3.13. The first-order valence-corrected chi connectivity index (χ1v) is 4.42. The molecule has 76 valence electrons. The van der Waals surface area contributed by atoms with Crippen LogP contribution in [0, 0.1) is 6.92 Å². The number of carbonyl (C=O) groups is 1. The van der Waals surface area contributed by atoms with Gasteiger partial charge < -0.3 is 13.9 Å². The van der Waals surface area contributed by atoms with Crippen LogP contribution < -0.4 is 0 Å². The minimum Gasteiger partial charge on any atom is -0.468 e. The van der Waals surface area contributed by atoms with Gasteiger partial charge in [-0.25, -0.2) is 0 Å². The smallest absolute Gasteiger partial charge is 0.324 e. The summed E-state index contributed by atoms with van der Waals surface area (Å²) in [6.45, 7) is 2.52. The Hall–Kier alpha value is -1.29. The van der Waals surface area contributed by atoms with Gasteiger partial charge in [0, 0.05) is 0 Å². The standard InChI is InChI=1S/C10H12O4/c1-7-3-4-8(14-7)10(5-13-6-10)9(11)12-2/h3-4H,5-6H2,1-2H3. The number of aryl methyl sites for hydroxylation is 1. The van der Waals surface area contributed by atoms with Crippen molar-refractivity contribution in [2.24, 2.45) is 0 Å². The summed E-state index contributed by atoms with van der Waals surface area (Å²) in [4.78, 5) is 11.6. The lowest BCUT2D eigenvalue weighted by molar-refractivity contribution is -0.168. The summed E-state index contributed by atoms with van der Waals surface area (Å²) in [5.74, 6) is 1.13. The molecule has 1 saturated heterocycles. The van der Waals surface area contributed by atoms with E-state index in [4.69, 9.17) is 13.9 Å². The van der Waals surface area contributed by atoms with Crippen LogP contribution in [-0.2, 0) is 19.7 Å². The normalized spacial score (nSPS) is 18.7. The molecule has 1 aliphatic rings. The molecular weight excluding hydrogens is 184 g/mol. The lowest BCUT2D eigenvalue weighted by Crippen LogP contribution is -2.53. The first-order valence-electron chi connectivity index (χ1n) is 4.42. The molecule has 0 atom stereocenters. The number of furan rings is 1. The molecule has 2 rings (SSSR count). The maximum atomic E-state index is 11.6. The van der Waals surface area contributed by atoms with Gasteiger partial charge in [0.2, 0.25) is 0 Å². The minimum atomic E-state index is -0.705. The van der Waals surface area contributed by atoms with E-state index in [-0.39, 0.29) is 5.97 Å². The van der Waals surface area contributed by atoms with Crippen LogP contribution >= 0.6 is 0 Å². The van der Waals surface area contributed by atoms with Crippen LogP contribution in [-0.4, -0.2) is 26.3 Å². The number of methoxy groups -OCH3 is 1. The molecule has 0 spiro atoms. The monoisotopic (exact) mass is 196 g/mol. The number of ether oxygens (including phenoxy) is 2. The van der Waals surface area contributed by atoms with E-state index in [1.165, 1.54) is 7.11 Å². The predicted octanol–water partition coefficient (Wildman–Crippen LogP) is 1.03. The second-order valence-electron chi connectivity index (χ2n) is 3.48. The number of esters is 1. The fraction of sp³-hybridized carbons (Fsp3) is 0.500. The summed E-state index contributed by atoms with van der Waals surface area (Å²) in [6, 6.07) is 3.63. The van der Waals surface area contributed by atoms with Gasteiger partial charge in [0.15, 0.2) is 5.41 Å². The van der Waals surface area contributed by atoms with Gasteiger partial charge in [-0.2, -0.15) is 0 Å². The van der Waals surface area contributed by atoms with E-state index >= 15 is 0 Å². The van der Waals surface area contributed by atoms with E-state index in [1.807, 2.05) is 13.0 Å². The Labute approximate surface area is 81.8 Å². The maximum Gasteiger partial charge on any atom is 0.324 e. The molecule has 1 aliphatic heterocycles. The van der Waals surface area contributed by atoms with Crippen molar-refractivity contribution >= 4 is 5.97 Å². The van der Waals surface area contributed by atoms with Crippen LogP contribution in [0.2, 0.25) is 0 Å². The van der Waals surface area contributed by atoms with Crippen molar-refractivity contribution < 1.29 is 18.7 Å². The average molecular weight is 196 g/mol. The van der Waals surface area contributed by atoms with Crippen molar-refractivity contribution in [1.29, 1.82) is 0 Å². The molecular formula is C10H12O4. The molecule has 0 radical (unpaired) electrons. The third-order valence-corrected chi connectivity index (χ3v) is 2.49. The van der Waals surface area contributed by atoms with Gasteiger partial charge in [-0.3, -0.25) is 4.79 Å². The fourth-order valence-corrected chi connectivity index (χ4v) is 1.55. The maximum absolute atomic E-state index is 11.6. The van der Waals surface area contributed by atoms with E-state index in [0.29, 0.717) is 19.0 Å². The number of carbonyl (C=O) groups excluding carboxylic acids is 1. The highest BCUT2D eigenvalue weighted by Gasteiger charge is 2.51. The Balaban J connectivity index is 2.33. The van der Waals surface area contributed by atoms with E-state index in [0.717, 1.165) is 5.76 Å². The molecule has 1 aromatic heterocycles. The average Bonchev–Trinajstić information content (AvgIpc) is 2.50. The summed E-state index contributed by atoms with van der Waals surface area (Å²) in [5, 5.41) is 0. The molecule has 0 N–H and O–H groups in total. The molecule has 0 unspecified atom stereocenters. The topological polar surface area (TPSA) is 48.7 Å². The molecule has 4 nitrogen and oxygen atoms in total. The molecule has 0 aliphatic carbocycles. The summed E-state index contributed by atoms with van der Waals surface area (Å²) < 4.78 is 15.2. The van der Waals surface area contributed by atoms with Crippen LogP contribution in [0.15, 0.2) is 16.5 Å². The van der Waals surface area contributed by atoms with Crippen molar-refractivity contribution in [2.45, 2.75) is 12.3 Å². The fourth-order valence-electron chi connectivity index (χ4n) is 1.55. The zero-order valence-electron chi connectivity index (χ0n) is 8.20. The SMILES string of the molecule is COC(=O)C1(c2ccc(C)o2)COC1. The molecule has 1 fully saturated rings. The first-order chi connectivity index (χ1) is 6.69. The van der Waals surface area contributed by atoms with Crippen molar-refractivity contribution in [3.8, 4) is 0 Å². The van der Waals surface area contributed by atoms with Gasteiger partial charge >= 0.3 is 5.97 Å². The quantitative estimate of drug-likeness (QED) is 0.663. The van der Waals surface area contributed by atoms with Crippen LogP contribution in [0.25, 0.3) is 0 Å². The largest absolute Gasteiger partial charge is 0.468 e. The summed E-state index contributed by atoms with van der Waals surface area (Å²) in [6.07, 6.45) is 0. The molecule has 0 bridgehead atoms. The molecule has 0 aromatic carbocycles. The molecule has 1 aromatic rings. The highest BCUT2D eigenvalue weighted by atomic mass is 16.5. The molecule has 0 saturated carbocycles. The van der Waals surface area contributed by atoms with Crippen molar-refractivity contribution in [2.75, 3.05) is 20.3 Å². The molecule has 4 heteroatoms.